The summed E-state index contributed by atoms with van der Waals surface area (Å²) in [4.78, 5) is 13.0. The zero-order valence-electron chi connectivity index (χ0n) is 8.07. The van der Waals surface area contributed by atoms with Crippen LogP contribution in [0.15, 0.2) is 4.42 Å². The molecule has 2 heterocycles. The van der Waals surface area contributed by atoms with Crippen molar-refractivity contribution in [2.24, 2.45) is 0 Å². The molecule has 6 nitrogen and oxygen atoms in total. The number of anilines is 1. The third-order valence-electron chi connectivity index (χ3n) is 2.15. The molecule has 7 heteroatoms. The number of hydrogen-bond acceptors (Lipinski definition) is 5. The SMILES string of the molecule is O=C1CCN(c2nnc(CCl)o2)CCN1. The van der Waals surface area contributed by atoms with Crippen LogP contribution in [0.5, 0.6) is 0 Å². The third-order valence-corrected chi connectivity index (χ3v) is 2.38. The molecule has 1 aromatic heterocycles. The second-order valence-electron chi connectivity index (χ2n) is 3.20. The predicted molar refractivity (Wildman–Crippen MR) is 53.7 cm³/mol. The Bertz CT molecular complexity index is 354. The van der Waals surface area contributed by atoms with Crippen molar-refractivity contribution in [2.45, 2.75) is 12.3 Å². The first-order valence-corrected chi connectivity index (χ1v) is 5.23. The molecule has 0 saturated carbocycles. The van der Waals surface area contributed by atoms with Crippen molar-refractivity contribution >= 4 is 23.5 Å². The third kappa shape index (κ3) is 2.38. The van der Waals surface area contributed by atoms with E-state index in [-0.39, 0.29) is 11.8 Å². The summed E-state index contributed by atoms with van der Waals surface area (Å²) in [6.45, 7) is 1.86. The highest BCUT2D eigenvalue weighted by Gasteiger charge is 2.18. The second kappa shape index (κ2) is 4.48. The van der Waals surface area contributed by atoms with Crippen molar-refractivity contribution in [1.82, 2.24) is 15.5 Å². The molecule has 0 aliphatic carbocycles. The maximum atomic E-state index is 11.1. The predicted octanol–water partition coefficient (Wildman–Crippen LogP) is 0.135. The molecule has 0 aromatic carbocycles. The van der Waals surface area contributed by atoms with Gasteiger partial charge in [-0.3, -0.25) is 4.79 Å². The monoisotopic (exact) mass is 230 g/mol. The van der Waals surface area contributed by atoms with E-state index < -0.39 is 0 Å². The molecule has 2 rings (SSSR count). The lowest BCUT2D eigenvalue weighted by molar-refractivity contribution is -0.120. The fraction of sp³-hybridized carbons (Fsp3) is 0.625. The number of amides is 1. The Morgan fingerprint density at radius 3 is 3.07 bits per heavy atom. The van der Waals surface area contributed by atoms with Gasteiger partial charge in [-0.1, -0.05) is 5.10 Å². The van der Waals surface area contributed by atoms with Crippen LogP contribution in [0.2, 0.25) is 0 Å². The van der Waals surface area contributed by atoms with E-state index in [9.17, 15) is 4.79 Å². The highest BCUT2D eigenvalue weighted by molar-refractivity contribution is 6.16. The van der Waals surface area contributed by atoms with Gasteiger partial charge in [-0.05, 0) is 0 Å². The van der Waals surface area contributed by atoms with E-state index in [1.54, 1.807) is 0 Å². The van der Waals surface area contributed by atoms with Crippen LogP contribution in [0, 0.1) is 0 Å². The Balaban J connectivity index is 2.06. The number of carbonyl (C=O) groups excluding carboxylic acids is 1. The summed E-state index contributed by atoms with van der Waals surface area (Å²) in [5, 5.41) is 10.4. The minimum Gasteiger partial charge on any atom is -0.407 e. The summed E-state index contributed by atoms with van der Waals surface area (Å²) in [5.74, 6) is 0.655. The molecule has 0 atom stereocenters. The van der Waals surface area contributed by atoms with Crippen molar-refractivity contribution in [3.8, 4) is 0 Å². The molecule has 0 unspecified atom stereocenters. The molecule has 15 heavy (non-hydrogen) atoms. The van der Waals surface area contributed by atoms with E-state index >= 15 is 0 Å². The zero-order valence-corrected chi connectivity index (χ0v) is 8.83. The summed E-state index contributed by atoms with van der Waals surface area (Å²) in [7, 11) is 0. The van der Waals surface area contributed by atoms with Gasteiger partial charge < -0.3 is 14.6 Å². The molecule has 82 valence electrons. The first kappa shape index (κ1) is 10.2. The average Bonchev–Trinajstić information content (AvgIpc) is 2.62. The van der Waals surface area contributed by atoms with E-state index in [1.165, 1.54) is 0 Å². The molecular weight excluding hydrogens is 220 g/mol. The molecule has 1 aromatic rings. The van der Waals surface area contributed by atoms with Gasteiger partial charge in [0.1, 0.15) is 5.88 Å². The molecule has 1 fully saturated rings. The summed E-state index contributed by atoms with van der Waals surface area (Å²) >= 11 is 5.55. The number of nitrogens with one attached hydrogen (secondary N) is 1. The van der Waals surface area contributed by atoms with Gasteiger partial charge in [0.05, 0.1) is 0 Å². The molecule has 1 aliphatic heterocycles. The lowest BCUT2D eigenvalue weighted by atomic mass is 10.4. The van der Waals surface area contributed by atoms with Gasteiger partial charge in [-0.2, -0.15) is 0 Å². The number of halogens is 1. The van der Waals surface area contributed by atoms with Crippen LogP contribution in [-0.2, 0) is 10.7 Å². The second-order valence-corrected chi connectivity index (χ2v) is 3.47. The van der Waals surface area contributed by atoms with Crippen molar-refractivity contribution < 1.29 is 9.21 Å². The lowest BCUT2D eigenvalue weighted by Crippen LogP contribution is -2.28. The first-order chi connectivity index (χ1) is 7.29. The van der Waals surface area contributed by atoms with Gasteiger partial charge in [0, 0.05) is 26.1 Å². The Morgan fingerprint density at radius 1 is 1.47 bits per heavy atom. The first-order valence-electron chi connectivity index (χ1n) is 4.69. The largest absolute Gasteiger partial charge is 0.407 e. The van der Waals surface area contributed by atoms with Gasteiger partial charge >= 0.3 is 6.01 Å². The van der Waals surface area contributed by atoms with Gasteiger partial charge in [-0.15, -0.1) is 16.7 Å². The van der Waals surface area contributed by atoms with Crippen LogP contribution < -0.4 is 10.2 Å². The number of alkyl halides is 1. The highest BCUT2D eigenvalue weighted by Crippen LogP contribution is 2.14. The van der Waals surface area contributed by atoms with Crippen LogP contribution in [-0.4, -0.2) is 35.7 Å². The molecule has 1 N–H and O–H groups in total. The van der Waals surface area contributed by atoms with E-state index in [1.807, 2.05) is 4.90 Å². The maximum absolute atomic E-state index is 11.1. The van der Waals surface area contributed by atoms with E-state index in [0.717, 1.165) is 0 Å². The smallest absolute Gasteiger partial charge is 0.318 e. The average molecular weight is 231 g/mol. The van der Waals surface area contributed by atoms with Gasteiger partial charge in [0.15, 0.2) is 0 Å². The topological polar surface area (TPSA) is 71.3 Å². The van der Waals surface area contributed by atoms with Crippen LogP contribution in [0.25, 0.3) is 0 Å². The Morgan fingerprint density at radius 2 is 2.33 bits per heavy atom. The highest BCUT2D eigenvalue weighted by atomic mass is 35.5. The van der Waals surface area contributed by atoms with Gasteiger partial charge in [0.25, 0.3) is 0 Å². The number of hydrogen-bond donors (Lipinski definition) is 1. The van der Waals surface area contributed by atoms with Gasteiger partial charge in [0.2, 0.25) is 11.8 Å². The number of aromatic nitrogens is 2. The standard InChI is InChI=1S/C8H11ClN4O2/c9-5-7-11-12-8(15-7)13-3-1-6(14)10-2-4-13/h1-5H2,(H,10,14). The number of rotatable bonds is 2. The molecular formula is C8H11ClN4O2. The fourth-order valence-corrected chi connectivity index (χ4v) is 1.49. The van der Waals surface area contributed by atoms with Gasteiger partial charge in [-0.25, -0.2) is 0 Å². The summed E-state index contributed by atoms with van der Waals surface area (Å²) in [6, 6.07) is 0.433. The van der Waals surface area contributed by atoms with E-state index in [4.69, 9.17) is 16.0 Å². The zero-order chi connectivity index (χ0) is 10.7. The molecule has 0 bridgehead atoms. The number of carbonyl (C=O) groups is 1. The summed E-state index contributed by atoms with van der Waals surface area (Å²) in [5.41, 5.74) is 0. The van der Waals surface area contributed by atoms with Crippen molar-refractivity contribution in [3.05, 3.63) is 5.89 Å². The number of nitrogens with zero attached hydrogens (tertiary/aromatic N) is 3. The van der Waals surface area contributed by atoms with Crippen LogP contribution >= 0.6 is 11.6 Å². The molecule has 0 spiro atoms. The quantitative estimate of drug-likeness (QED) is 0.732. The van der Waals surface area contributed by atoms with Crippen molar-refractivity contribution in [3.63, 3.8) is 0 Å². The van der Waals surface area contributed by atoms with E-state index in [0.29, 0.717) is 38.0 Å². The Hall–Kier alpha value is -1.30. The molecule has 1 saturated heterocycles. The van der Waals surface area contributed by atoms with Crippen molar-refractivity contribution in [1.29, 1.82) is 0 Å². The minimum absolute atomic E-state index is 0.0505. The van der Waals surface area contributed by atoms with Crippen LogP contribution in [0.1, 0.15) is 12.3 Å². The van der Waals surface area contributed by atoms with Crippen molar-refractivity contribution in [2.75, 3.05) is 24.5 Å². The Kier molecular flexibility index (Phi) is 3.05. The molecule has 1 amide bonds. The summed E-state index contributed by atoms with van der Waals surface area (Å²) < 4.78 is 5.30. The molecule has 1 aliphatic rings. The lowest BCUT2D eigenvalue weighted by Gasteiger charge is -2.15. The normalized spacial score (nSPS) is 17.4. The van der Waals surface area contributed by atoms with Crippen LogP contribution in [0.4, 0.5) is 6.01 Å². The molecule has 0 radical (unpaired) electrons. The maximum Gasteiger partial charge on any atom is 0.318 e. The minimum atomic E-state index is 0.0505. The summed E-state index contributed by atoms with van der Waals surface area (Å²) in [6.07, 6.45) is 0.443. The van der Waals surface area contributed by atoms with E-state index in [2.05, 4.69) is 15.5 Å². The fourth-order valence-electron chi connectivity index (χ4n) is 1.38. The van der Waals surface area contributed by atoms with Crippen LogP contribution in [0.3, 0.4) is 0 Å². The Labute approximate surface area is 91.6 Å².